The average molecular weight is 345 g/mol. The van der Waals surface area contributed by atoms with E-state index < -0.39 is 0 Å². The third-order valence-electron chi connectivity index (χ3n) is 4.60. The first-order chi connectivity index (χ1) is 12.2. The summed E-state index contributed by atoms with van der Waals surface area (Å²) in [5, 5.41) is 14.2. The summed E-state index contributed by atoms with van der Waals surface area (Å²) >= 11 is 1.72. The van der Waals surface area contributed by atoms with E-state index in [9.17, 15) is 0 Å². The highest BCUT2D eigenvalue weighted by molar-refractivity contribution is 7.98. The average Bonchev–Trinajstić information content (AvgIpc) is 3.09. The predicted octanol–water partition coefficient (Wildman–Crippen LogP) is 5.53. The Morgan fingerprint density at radius 3 is 2.56 bits per heavy atom. The molecule has 3 aromatic rings. The van der Waals surface area contributed by atoms with Gasteiger partial charge in [-0.25, -0.2) is 0 Å². The standard InChI is InChI=1S/C21H19N3S/c1-24(16-8-10-17(25-2)11-9-16)21(22)23-19-13-7-15-5-3-4-14-6-12-18(19)20(14)15/h3-13H,1-2H3,(H2,22,23). The Hall–Kier alpha value is -2.72. The number of benzene rings is 3. The highest BCUT2D eigenvalue weighted by Gasteiger charge is 2.15. The van der Waals surface area contributed by atoms with Crippen molar-refractivity contribution in [3.63, 3.8) is 0 Å². The molecule has 3 nitrogen and oxygen atoms in total. The van der Waals surface area contributed by atoms with Crippen LogP contribution in [-0.2, 0) is 0 Å². The molecule has 1 aliphatic carbocycles. The van der Waals surface area contributed by atoms with Crippen molar-refractivity contribution in [1.29, 1.82) is 5.41 Å². The molecule has 0 unspecified atom stereocenters. The molecule has 0 fully saturated rings. The molecule has 0 heterocycles. The van der Waals surface area contributed by atoms with Crippen LogP contribution in [0, 0.1) is 5.41 Å². The van der Waals surface area contributed by atoms with Crippen LogP contribution in [0.25, 0.3) is 22.9 Å². The molecule has 0 amide bonds. The molecule has 0 saturated carbocycles. The molecule has 4 rings (SSSR count). The van der Waals surface area contributed by atoms with Gasteiger partial charge in [0.15, 0.2) is 5.96 Å². The molecule has 25 heavy (non-hydrogen) atoms. The van der Waals surface area contributed by atoms with Gasteiger partial charge in [0.05, 0.1) is 0 Å². The minimum Gasteiger partial charge on any atom is -0.326 e. The molecule has 1 aliphatic rings. The summed E-state index contributed by atoms with van der Waals surface area (Å²) in [4.78, 5) is 3.07. The largest absolute Gasteiger partial charge is 0.326 e. The number of rotatable bonds is 3. The van der Waals surface area contributed by atoms with Gasteiger partial charge in [-0.3, -0.25) is 5.41 Å². The second-order valence-electron chi connectivity index (χ2n) is 6.04. The lowest BCUT2D eigenvalue weighted by atomic mass is 10.0. The summed E-state index contributed by atoms with van der Waals surface area (Å²) in [5.41, 5.74) is 4.35. The molecule has 0 atom stereocenters. The zero-order chi connectivity index (χ0) is 17.4. The second kappa shape index (κ2) is 6.30. The Morgan fingerprint density at radius 2 is 1.80 bits per heavy atom. The fourth-order valence-electron chi connectivity index (χ4n) is 3.18. The van der Waals surface area contributed by atoms with Crippen molar-refractivity contribution >= 4 is 52.0 Å². The molecule has 0 aliphatic heterocycles. The van der Waals surface area contributed by atoms with E-state index in [1.165, 1.54) is 21.2 Å². The number of guanidine groups is 1. The number of nitrogens with one attached hydrogen (secondary N) is 2. The van der Waals surface area contributed by atoms with E-state index in [1.54, 1.807) is 11.8 Å². The van der Waals surface area contributed by atoms with Gasteiger partial charge < -0.3 is 10.2 Å². The minimum atomic E-state index is 0.352. The Bertz CT molecular complexity index is 990. The number of hydrogen-bond acceptors (Lipinski definition) is 2. The summed E-state index contributed by atoms with van der Waals surface area (Å²) in [5.74, 6) is 0.352. The maximum atomic E-state index is 8.45. The van der Waals surface area contributed by atoms with Crippen LogP contribution in [0.2, 0.25) is 0 Å². The van der Waals surface area contributed by atoms with Crippen molar-refractivity contribution in [1.82, 2.24) is 0 Å². The third kappa shape index (κ3) is 2.79. The fourth-order valence-corrected chi connectivity index (χ4v) is 3.58. The van der Waals surface area contributed by atoms with Crippen molar-refractivity contribution in [2.45, 2.75) is 4.90 Å². The Balaban J connectivity index is 1.61. The van der Waals surface area contributed by atoms with Crippen molar-refractivity contribution in [2.24, 2.45) is 0 Å². The lowest BCUT2D eigenvalue weighted by Gasteiger charge is -2.22. The zero-order valence-electron chi connectivity index (χ0n) is 14.2. The van der Waals surface area contributed by atoms with Gasteiger partial charge in [-0.05, 0) is 52.9 Å². The second-order valence-corrected chi connectivity index (χ2v) is 6.92. The van der Waals surface area contributed by atoms with E-state index in [0.717, 1.165) is 16.9 Å². The van der Waals surface area contributed by atoms with E-state index in [2.05, 4.69) is 66.2 Å². The quantitative estimate of drug-likeness (QED) is 0.291. The first-order valence-corrected chi connectivity index (χ1v) is 9.37. The highest BCUT2D eigenvalue weighted by atomic mass is 32.2. The van der Waals surface area contributed by atoms with Crippen LogP contribution < -0.4 is 10.2 Å². The minimum absolute atomic E-state index is 0.352. The molecule has 2 N–H and O–H groups in total. The molecule has 124 valence electrons. The Morgan fingerprint density at radius 1 is 1.00 bits per heavy atom. The van der Waals surface area contributed by atoms with Gasteiger partial charge in [0, 0.05) is 28.9 Å². The van der Waals surface area contributed by atoms with Crippen LogP contribution >= 0.6 is 11.8 Å². The number of anilines is 2. The zero-order valence-corrected chi connectivity index (χ0v) is 15.0. The normalized spacial score (nSPS) is 11.8. The van der Waals surface area contributed by atoms with Gasteiger partial charge >= 0.3 is 0 Å². The van der Waals surface area contributed by atoms with Gasteiger partial charge in [0.25, 0.3) is 0 Å². The summed E-state index contributed by atoms with van der Waals surface area (Å²) in [6.07, 6.45) is 6.32. The summed E-state index contributed by atoms with van der Waals surface area (Å²) < 4.78 is 0. The van der Waals surface area contributed by atoms with Crippen LogP contribution in [0.4, 0.5) is 11.4 Å². The van der Waals surface area contributed by atoms with Crippen LogP contribution in [0.3, 0.4) is 0 Å². The van der Waals surface area contributed by atoms with Crippen LogP contribution in [0.15, 0.2) is 59.5 Å². The fraction of sp³-hybridized carbons (Fsp3) is 0.0952. The number of thioether (sulfide) groups is 1. The maximum Gasteiger partial charge on any atom is 0.199 e. The molecule has 4 heteroatoms. The van der Waals surface area contributed by atoms with Gasteiger partial charge in [0.2, 0.25) is 0 Å². The van der Waals surface area contributed by atoms with Crippen molar-refractivity contribution < 1.29 is 0 Å². The van der Waals surface area contributed by atoms with Crippen molar-refractivity contribution in [3.05, 3.63) is 65.7 Å². The van der Waals surface area contributed by atoms with Gasteiger partial charge in [0.1, 0.15) is 0 Å². The van der Waals surface area contributed by atoms with Crippen LogP contribution in [0.5, 0.6) is 0 Å². The Labute approximate surface area is 151 Å². The molecule has 0 radical (unpaired) electrons. The SMILES string of the molecule is CSc1ccc(N(C)C(=N)Nc2ccc3cccc4c3c2C=C4)cc1. The van der Waals surface area contributed by atoms with E-state index in [1.807, 2.05) is 24.1 Å². The number of hydrogen-bond donors (Lipinski definition) is 2. The van der Waals surface area contributed by atoms with E-state index in [4.69, 9.17) is 5.41 Å². The predicted molar refractivity (Wildman–Crippen MR) is 111 cm³/mol. The topological polar surface area (TPSA) is 39.1 Å². The summed E-state index contributed by atoms with van der Waals surface area (Å²) in [6.45, 7) is 0. The first kappa shape index (κ1) is 15.8. The lowest BCUT2D eigenvalue weighted by Crippen LogP contribution is -2.32. The molecule has 3 aromatic carbocycles. The van der Waals surface area contributed by atoms with Gasteiger partial charge in [-0.1, -0.05) is 36.4 Å². The van der Waals surface area contributed by atoms with Crippen LogP contribution in [0.1, 0.15) is 11.1 Å². The van der Waals surface area contributed by atoms with Gasteiger partial charge in [-0.15, -0.1) is 11.8 Å². The molecule has 0 saturated heterocycles. The highest BCUT2D eigenvalue weighted by Crippen LogP contribution is 2.36. The molecule has 0 bridgehead atoms. The van der Waals surface area contributed by atoms with Crippen molar-refractivity contribution in [3.8, 4) is 0 Å². The summed E-state index contributed by atoms with van der Waals surface area (Å²) in [7, 11) is 1.91. The van der Waals surface area contributed by atoms with Crippen molar-refractivity contribution in [2.75, 3.05) is 23.5 Å². The summed E-state index contributed by atoms with van der Waals surface area (Å²) in [6, 6.07) is 18.7. The van der Waals surface area contributed by atoms with Gasteiger partial charge in [-0.2, -0.15) is 0 Å². The molecular weight excluding hydrogens is 326 g/mol. The molecule has 0 spiro atoms. The lowest BCUT2D eigenvalue weighted by molar-refractivity contribution is 1.21. The van der Waals surface area contributed by atoms with E-state index in [-0.39, 0.29) is 0 Å². The smallest absolute Gasteiger partial charge is 0.199 e. The van der Waals surface area contributed by atoms with E-state index >= 15 is 0 Å². The first-order valence-electron chi connectivity index (χ1n) is 8.14. The Kier molecular flexibility index (Phi) is 3.98. The molecule has 0 aromatic heterocycles. The van der Waals surface area contributed by atoms with E-state index in [0.29, 0.717) is 5.96 Å². The molecular formula is C21H19N3S. The maximum absolute atomic E-state index is 8.45. The third-order valence-corrected chi connectivity index (χ3v) is 5.34. The van der Waals surface area contributed by atoms with Crippen LogP contribution in [-0.4, -0.2) is 19.3 Å². The number of nitrogens with zero attached hydrogens (tertiary/aromatic N) is 1. The monoisotopic (exact) mass is 345 g/mol.